The summed E-state index contributed by atoms with van der Waals surface area (Å²) in [7, 11) is 0. The van der Waals surface area contributed by atoms with Crippen LogP contribution in [0.5, 0.6) is 0 Å². The molecule has 2 fully saturated rings. The maximum Gasteiger partial charge on any atom is 0.226 e. The highest BCUT2D eigenvalue weighted by Crippen LogP contribution is 2.31. The van der Waals surface area contributed by atoms with Gasteiger partial charge in [0.2, 0.25) is 5.89 Å². The van der Waals surface area contributed by atoms with Gasteiger partial charge in [-0.2, -0.15) is 4.98 Å². The molecule has 18 heavy (non-hydrogen) atoms. The second kappa shape index (κ2) is 5.36. The van der Waals surface area contributed by atoms with Gasteiger partial charge in [0.1, 0.15) is 0 Å². The standard InChI is InChI=1S/C13H21N3O2/c1-2-12-14-13(15-18-12)11-6-3-7-16(11)9-10-5-4-8-17-10/h10-11H,2-9H2,1H3. The van der Waals surface area contributed by atoms with Crippen LogP contribution in [0.3, 0.4) is 0 Å². The van der Waals surface area contributed by atoms with E-state index in [4.69, 9.17) is 9.26 Å². The third-order valence-corrected chi connectivity index (χ3v) is 3.91. The molecule has 0 amide bonds. The summed E-state index contributed by atoms with van der Waals surface area (Å²) < 4.78 is 10.9. The SMILES string of the molecule is CCc1nc(C2CCCN2CC2CCCO2)no1. The summed E-state index contributed by atoms with van der Waals surface area (Å²) in [6, 6.07) is 0.332. The summed E-state index contributed by atoms with van der Waals surface area (Å²) in [5.41, 5.74) is 0. The number of likely N-dealkylation sites (tertiary alicyclic amines) is 1. The van der Waals surface area contributed by atoms with E-state index in [1.807, 2.05) is 6.92 Å². The third-order valence-electron chi connectivity index (χ3n) is 3.91. The van der Waals surface area contributed by atoms with Crippen LogP contribution in [0.1, 0.15) is 50.4 Å². The van der Waals surface area contributed by atoms with Crippen LogP contribution >= 0.6 is 0 Å². The van der Waals surface area contributed by atoms with Crippen molar-refractivity contribution < 1.29 is 9.26 Å². The van der Waals surface area contributed by atoms with Crippen LogP contribution < -0.4 is 0 Å². The fourth-order valence-corrected chi connectivity index (χ4v) is 2.93. The van der Waals surface area contributed by atoms with E-state index in [0.29, 0.717) is 12.1 Å². The summed E-state index contributed by atoms with van der Waals surface area (Å²) in [4.78, 5) is 6.93. The van der Waals surface area contributed by atoms with Gasteiger partial charge >= 0.3 is 0 Å². The fourth-order valence-electron chi connectivity index (χ4n) is 2.93. The van der Waals surface area contributed by atoms with Crippen LogP contribution in [-0.4, -0.2) is 40.8 Å². The molecule has 3 rings (SSSR count). The van der Waals surface area contributed by atoms with Crippen molar-refractivity contribution in [2.75, 3.05) is 19.7 Å². The molecule has 0 aromatic carbocycles. The Hall–Kier alpha value is -0.940. The number of aromatic nitrogens is 2. The smallest absolute Gasteiger partial charge is 0.226 e. The van der Waals surface area contributed by atoms with Crippen molar-refractivity contribution >= 4 is 0 Å². The van der Waals surface area contributed by atoms with Crippen molar-refractivity contribution in [1.82, 2.24) is 15.0 Å². The molecule has 0 radical (unpaired) electrons. The Morgan fingerprint density at radius 1 is 1.33 bits per heavy atom. The summed E-state index contributed by atoms with van der Waals surface area (Å²) in [6.45, 7) is 5.10. The molecular formula is C13H21N3O2. The zero-order valence-electron chi connectivity index (χ0n) is 11.0. The van der Waals surface area contributed by atoms with Crippen molar-refractivity contribution in [1.29, 1.82) is 0 Å². The number of aryl methyl sites for hydroxylation is 1. The minimum absolute atomic E-state index is 0.332. The topological polar surface area (TPSA) is 51.4 Å². The summed E-state index contributed by atoms with van der Waals surface area (Å²) in [5, 5.41) is 4.13. The summed E-state index contributed by atoms with van der Waals surface area (Å²) >= 11 is 0. The van der Waals surface area contributed by atoms with Crippen molar-refractivity contribution in [3.8, 4) is 0 Å². The van der Waals surface area contributed by atoms with E-state index in [-0.39, 0.29) is 0 Å². The molecule has 1 aromatic heterocycles. The molecule has 0 spiro atoms. The van der Waals surface area contributed by atoms with E-state index in [1.165, 1.54) is 19.3 Å². The maximum atomic E-state index is 5.72. The highest BCUT2D eigenvalue weighted by Gasteiger charge is 2.32. The average Bonchev–Trinajstić information content (AvgIpc) is 3.09. The second-order valence-corrected chi connectivity index (χ2v) is 5.19. The number of rotatable bonds is 4. The van der Waals surface area contributed by atoms with Crippen LogP contribution in [0, 0.1) is 0 Å². The molecule has 2 aliphatic rings. The Kier molecular flexibility index (Phi) is 3.61. The normalized spacial score (nSPS) is 29.2. The lowest BCUT2D eigenvalue weighted by atomic mass is 10.2. The predicted octanol–water partition coefficient (Wildman–Crippen LogP) is 1.95. The Morgan fingerprint density at radius 3 is 3.00 bits per heavy atom. The molecular weight excluding hydrogens is 230 g/mol. The van der Waals surface area contributed by atoms with Crippen LogP contribution in [0.4, 0.5) is 0 Å². The monoisotopic (exact) mass is 251 g/mol. The Bertz CT molecular complexity index is 387. The van der Waals surface area contributed by atoms with Crippen molar-refractivity contribution in [3.05, 3.63) is 11.7 Å². The number of nitrogens with zero attached hydrogens (tertiary/aromatic N) is 3. The first-order chi connectivity index (χ1) is 8.86. The van der Waals surface area contributed by atoms with E-state index in [9.17, 15) is 0 Å². The van der Waals surface area contributed by atoms with E-state index in [0.717, 1.165) is 44.3 Å². The van der Waals surface area contributed by atoms with E-state index in [1.54, 1.807) is 0 Å². The zero-order chi connectivity index (χ0) is 12.4. The number of ether oxygens (including phenoxy) is 1. The second-order valence-electron chi connectivity index (χ2n) is 5.19. The van der Waals surface area contributed by atoms with Crippen LogP contribution in [0.15, 0.2) is 4.52 Å². The van der Waals surface area contributed by atoms with Gasteiger partial charge < -0.3 is 9.26 Å². The Morgan fingerprint density at radius 2 is 2.28 bits per heavy atom. The average molecular weight is 251 g/mol. The highest BCUT2D eigenvalue weighted by molar-refractivity contribution is 4.98. The van der Waals surface area contributed by atoms with Gasteiger partial charge in [-0.25, -0.2) is 0 Å². The molecule has 2 atom stereocenters. The van der Waals surface area contributed by atoms with E-state index >= 15 is 0 Å². The van der Waals surface area contributed by atoms with Gasteiger partial charge in [-0.3, -0.25) is 4.90 Å². The number of hydrogen-bond donors (Lipinski definition) is 0. The first kappa shape index (κ1) is 12.1. The maximum absolute atomic E-state index is 5.72. The van der Waals surface area contributed by atoms with Gasteiger partial charge in [0.05, 0.1) is 12.1 Å². The molecule has 2 aliphatic heterocycles. The zero-order valence-corrected chi connectivity index (χ0v) is 11.0. The molecule has 1 aromatic rings. The third kappa shape index (κ3) is 2.42. The molecule has 2 saturated heterocycles. The van der Waals surface area contributed by atoms with Crippen LogP contribution in [-0.2, 0) is 11.2 Å². The first-order valence-electron chi connectivity index (χ1n) is 7.05. The lowest BCUT2D eigenvalue weighted by Crippen LogP contribution is -2.32. The molecule has 5 heteroatoms. The quantitative estimate of drug-likeness (QED) is 0.818. The summed E-state index contributed by atoms with van der Waals surface area (Å²) in [5.74, 6) is 1.61. The molecule has 0 bridgehead atoms. The predicted molar refractivity (Wildman–Crippen MR) is 66.2 cm³/mol. The molecule has 0 saturated carbocycles. The molecule has 0 N–H and O–H groups in total. The van der Waals surface area contributed by atoms with Crippen molar-refractivity contribution in [2.45, 2.75) is 51.2 Å². The van der Waals surface area contributed by atoms with Crippen molar-refractivity contribution in [2.24, 2.45) is 0 Å². The minimum Gasteiger partial charge on any atom is -0.377 e. The molecule has 2 unspecified atom stereocenters. The summed E-state index contributed by atoms with van der Waals surface area (Å²) in [6.07, 6.45) is 5.96. The van der Waals surface area contributed by atoms with Gasteiger partial charge in [-0.1, -0.05) is 12.1 Å². The molecule has 0 aliphatic carbocycles. The van der Waals surface area contributed by atoms with E-state index in [2.05, 4.69) is 15.0 Å². The lowest BCUT2D eigenvalue weighted by molar-refractivity contribution is 0.0674. The van der Waals surface area contributed by atoms with Crippen molar-refractivity contribution in [3.63, 3.8) is 0 Å². The number of hydrogen-bond acceptors (Lipinski definition) is 5. The lowest BCUT2D eigenvalue weighted by Gasteiger charge is -2.24. The molecule has 5 nitrogen and oxygen atoms in total. The molecule has 100 valence electrons. The fraction of sp³-hybridized carbons (Fsp3) is 0.846. The van der Waals surface area contributed by atoms with Gasteiger partial charge in [-0.15, -0.1) is 0 Å². The molecule has 3 heterocycles. The highest BCUT2D eigenvalue weighted by atomic mass is 16.5. The minimum atomic E-state index is 0.332. The van der Waals surface area contributed by atoms with Gasteiger partial charge in [0.15, 0.2) is 5.82 Å². The van der Waals surface area contributed by atoms with Gasteiger partial charge in [-0.05, 0) is 32.2 Å². The Balaban J connectivity index is 1.66. The van der Waals surface area contributed by atoms with Crippen LogP contribution in [0.2, 0.25) is 0 Å². The van der Waals surface area contributed by atoms with E-state index < -0.39 is 0 Å². The first-order valence-corrected chi connectivity index (χ1v) is 7.05. The van der Waals surface area contributed by atoms with Crippen LogP contribution in [0.25, 0.3) is 0 Å². The van der Waals surface area contributed by atoms with Gasteiger partial charge in [0, 0.05) is 19.6 Å². The Labute approximate surface area is 107 Å². The largest absolute Gasteiger partial charge is 0.377 e. The van der Waals surface area contributed by atoms with Gasteiger partial charge in [0.25, 0.3) is 0 Å².